The Kier molecular flexibility index (Phi) is 3.69. The average molecular weight is 347 g/mol. The van der Waals surface area contributed by atoms with Crippen molar-refractivity contribution in [2.75, 3.05) is 18.1 Å². The van der Waals surface area contributed by atoms with Gasteiger partial charge in [-0.25, -0.2) is 8.89 Å². The third kappa shape index (κ3) is 2.73. The minimum absolute atomic E-state index is 0.0744. The molecular weight excluding hydrogens is 326 g/mol. The highest BCUT2D eigenvalue weighted by Crippen LogP contribution is 2.32. The lowest BCUT2D eigenvalue weighted by atomic mass is 9.94. The summed E-state index contributed by atoms with van der Waals surface area (Å²) < 4.78 is 19.0. The lowest BCUT2D eigenvalue weighted by molar-refractivity contribution is 0.100. The monoisotopic (exact) mass is 347 g/mol. The summed E-state index contributed by atoms with van der Waals surface area (Å²) in [5, 5.41) is 11.4. The molecule has 2 aliphatic rings. The molecule has 0 aliphatic carbocycles. The molecule has 0 saturated carbocycles. The van der Waals surface area contributed by atoms with E-state index < -0.39 is 15.6 Å². The molecule has 2 saturated heterocycles. The molecule has 2 aliphatic heterocycles. The first-order valence-corrected chi connectivity index (χ1v) is 10.2. The highest BCUT2D eigenvalue weighted by Gasteiger charge is 2.40. The maximum absolute atomic E-state index is 13.2. The van der Waals surface area contributed by atoms with Crippen molar-refractivity contribution in [3.05, 3.63) is 23.8 Å². The number of carbonyl (C=O) groups excluding carboxylic acids is 1. The minimum Gasteiger partial charge on any atom is -0.310 e. The first-order chi connectivity index (χ1) is 11.5. The third-order valence-electron chi connectivity index (χ3n) is 5.06. The Morgan fingerprint density at radius 3 is 3.00 bits per heavy atom. The van der Waals surface area contributed by atoms with E-state index in [2.05, 4.69) is 20.0 Å². The molecule has 1 aromatic heterocycles. The van der Waals surface area contributed by atoms with Gasteiger partial charge in [-0.05, 0) is 50.4 Å². The maximum atomic E-state index is 13.2. The van der Waals surface area contributed by atoms with Crippen LogP contribution in [-0.2, 0) is 16.8 Å². The molecule has 2 aromatic rings. The summed E-state index contributed by atoms with van der Waals surface area (Å²) in [4.78, 5) is 12.6. The predicted molar refractivity (Wildman–Crippen MR) is 92.3 cm³/mol. The van der Waals surface area contributed by atoms with E-state index in [1.54, 1.807) is 29.9 Å². The predicted octanol–water partition coefficient (Wildman–Crippen LogP) is 1.49. The van der Waals surface area contributed by atoms with Crippen LogP contribution in [-0.4, -0.2) is 48.7 Å². The van der Waals surface area contributed by atoms with Gasteiger partial charge < -0.3 is 5.32 Å². The van der Waals surface area contributed by atoms with Gasteiger partial charge in [-0.3, -0.25) is 4.79 Å². The Labute approximate surface area is 141 Å². The molecule has 0 radical (unpaired) electrons. The summed E-state index contributed by atoms with van der Waals surface area (Å²) in [6.07, 6.45) is 4.02. The van der Waals surface area contributed by atoms with E-state index in [4.69, 9.17) is 0 Å². The van der Waals surface area contributed by atoms with Crippen molar-refractivity contribution in [2.45, 2.75) is 31.2 Å². The summed E-state index contributed by atoms with van der Waals surface area (Å²) in [5.74, 6) is 0.594. The van der Waals surface area contributed by atoms with Crippen molar-refractivity contribution >= 4 is 26.7 Å². The van der Waals surface area contributed by atoms with Crippen LogP contribution < -0.4 is 5.32 Å². The highest BCUT2D eigenvalue weighted by molar-refractivity contribution is 7.94. The Balaban J connectivity index is 1.66. The topological polar surface area (TPSA) is 89.2 Å². The number of carbonyl (C=O) groups is 1. The number of nitrogens with zero attached hydrogens (tertiary/aromatic N) is 4. The zero-order valence-electron chi connectivity index (χ0n) is 13.7. The van der Waals surface area contributed by atoms with E-state index in [1.165, 1.54) is 0 Å². The molecule has 1 N–H and O–H groups in total. The standard InChI is InChI=1S/C16H21N5O2S/c1-21-14-10-12(4-5-13(14)18-20-21)15(22)19-24(23)9-3-7-16(11-24)6-2-8-17-16/h4-5,10,17H,2-3,6-9,11H2,1H3. The summed E-state index contributed by atoms with van der Waals surface area (Å²) >= 11 is 0. The third-order valence-corrected chi connectivity index (χ3v) is 7.49. The molecule has 8 heteroatoms. The Morgan fingerprint density at radius 1 is 1.38 bits per heavy atom. The number of aryl methyl sites for hydroxylation is 1. The Bertz CT molecular complexity index is 920. The summed E-state index contributed by atoms with van der Waals surface area (Å²) in [6, 6.07) is 5.15. The van der Waals surface area contributed by atoms with Crippen LogP contribution >= 0.6 is 0 Å². The van der Waals surface area contributed by atoms with Crippen LogP contribution in [0.2, 0.25) is 0 Å². The van der Waals surface area contributed by atoms with Crippen molar-refractivity contribution in [3.8, 4) is 0 Å². The van der Waals surface area contributed by atoms with Gasteiger partial charge in [0, 0.05) is 23.9 Å². The van der Waals surface area contributed by atoms with E-state index in [-0.39, 0.29) is 5.54 Å². The maximum Gasteiger partial charge on any atom is 0.285 e. The summed E-state index contributed by atoms with van der Waals surface area (Å²) in [7, 11) is -0.729. The van der Waals surface area contributed by atoms with Crippen LogP contribution in [0.3, 0.4) is 0 Å². The van der Waals surface area contributed by atoms with E-state index in [9.17, 15) is 9.00 Å². The van der Waals surface area contributed by atoms with Crippen molar-refractivity contribution in [1.29, 1.82) is 0 Å². The zero-order valence-corrected chi connectivity index (χ0v) is 14.5. The molecule has 3 heterocycles. The Morgan fingerprint density at radius 2 is 2.21 bits per heavy atom. The van der Waals surface area contributed by atoms with Gasteiger partial charge in [0.15, 0.2) is 0 Å². The van der Waals surface area contributed by atoms with Gasteiger partial charge in [0.05, 0.1) is 21.0 Å². The molecule has 24 heavy (non-hydrogen) atoms. The average Bonchev–Trinajstić information content (AvgIpc) is 3.14. The second-order valence-corrected chi connectivity index (χ2v) is 9.27. The second kappa shape index (κ2) is 5.63. The SMILES string of the molecule is Cn1nnc2ccc(C(=O)N=S3(=O)CCCC4(CCCN4)C3)cc21. The molecule has 2 unspecified atom stereocenters. The molecule has 7 nitrogen and oxygen atoms in total. The molecule has 2 fully saturated rings. The van der Waals surface area contributed by atoms with Gasteiger partial charge in [-0.15, -0.1) is 5.10 Å². The van der Waals surface area contributed by atoms with Crippen molar-refractivity contribution in [2.24, 2.45) is 11.4 Å². The summed E-state index contributed by atoms with van der Waals surface area (Å²) in [6.45, 7) is 0.966. The molecular formula is C16H21N5O2S. The van der Waals surface area contributed by atoms with Crippen molar-refractivity contribution < 1.29 is 9.00 Å². The zero-order chi connectivity index (χ0) is 16.8. The van der Waals surface area contributed by atoms with E-state index >= 15 is 0 Å². The molecule has 128 valence electrons. The quantitative estimate of drug-likeness (QED) is 0.844. The van der Waals surface area contributed by atoms with Crippen molar-refractivity contribution in [3.63, 3.8) is 0 Å². The van der Waals surface area contributed by atoms with Gasteiger partial charge in [0.2, 0.25) is 0 Å². The first-order valence-electron chi connectivity index (χ1n) is 8.30. The van der Waals surface area contributed by atoms with Crippen LogP contribution in [0.25, 0.3) is 11.0 Å². The Hall–Kier alpha value is -1.80. The van der Waals surface area contributed by atoms with Gasteiger partial charge in [-0.1, -0.05) is 5.21 Å². The lowest BCUT2D eigenvalue weighted by Crippen LogP contribution is -2.49. The van der Waals surface area contributed by atoms with Crippen LogP contribution in [0.4, 0.5) is 0 Å². The number of benzene rings is 1. The number of aromatic nitrogens is 3. The molecule has 1 amide bonds. The number of amides is 1. The molecule has 2 atom stereocenters. The van der Waals surface area contributed by atoms with Crippen LogP contribution in [0.1, 0.15) is 36.0 Å². The molecule has 4 rings (SSSR count). The van der Waals surface area contributed by atoms with Gasteiger partial charge >= 0.3 is 0 Å². The van der Waals surface area contributed by atoms with E-state index in [1.807, 2.05) is 0 Å². The van der Waals surface area contributed by atoms with E-state index in [0.717, 1.165) is 43.3 Å². The van der Waals surface area contributed by atoms with Crippen molar-refractivity contribution in [1.82, 2.24) is 20.3 Å². The lowest BCUT2D eigenvalue weighted by Gasteiger charge is -2.35. The first kappa shape index (κ1) is 15.7. The molecule has 1 spiro atoms. The van der Waals surface area contributed by atoms with Crippen LogP contribution in [0, 0.1) is 0 Å². The fraction of sp³-hybridized carbons (Fsp3) is 0.562. The fourth-order valence-corrected chi connectivity index (χ4v) is 6.42. The van der Waals surface area contributed by atoms with Crippen LogP contribution in [0.5, 0.6) is 0 Å². The highest BCUT2D eigenvalue weighted by atomic mass is 32.2. The number of nitrogens with one attached hydrogen (secondary N) is 1. The number of rotatable bonds is 1. The largest absolute Gasteiger partial charge is 0.310 e. The molecule has 0 bridgehead atoms. The molecule has 1 aromatic carbocycles. The number of hydrogen-bond donors (Lipinski definition) is 1. The fourth-order valence-electron chi connectivity index (χ4n) is 3.86. The van der Waals surface area contributed by atoms with Gasteiger partial charge in [0.25, 0.3) is 5.91 Å². The number of hydrogen-bond acceptors (Lipinski definition) is 5. The van der Waals surface area contributed by atoms with E-state index in [0.29, 0.717) is 17.1 Å². The summed E-state index contributed by atoms with van der Waals surface area (Å²) in [5.41, 5.74) is 1.86. The van der Waals surface area contributed by atoms with Gasteiger partial charge in [0.1, 0.15) is 5.52 Å². The van der Waals surface area contributed by atoms with Gasteiger partial charge in [-0.2, -0.15) is 4.36 Å². The second-order valence-electron chi connectivity index (χ2n) is 6.85. The smallest absolute Gasteiger partial charge is 0.285 e. The minimum atomic E-state index is -2.50. The van der Waals surface area contributed by atoms with Crippen LogP contribution in [0.15, 0.2) is 22.6 Å². The normalized spacial score (nSPS) is 30.0. The number of fused-ring (bicyclic) bond motifs is 1.